The number of nitro benzene ring substituents is 1. The number of nitro groups is 1. The molecule has 0 atom stereocenters. The van der Waals surface area contributed by atoms with Crippen molar-refractivity contribution in [2.75, 3.05) is 0 Å². The first-order valence-electron chi connectivity index (χ1n) is 3.49. The van der Waals surface area contributed by atoms with Crippen molar-refractivity contribution < 1.29 is 16.6 Å². The highest BCUT2D eigenvalue weighted by atomic mass is 32.3. The lowest BCUT2D eigenvalue weighted by Crippen LogP contribution is -1.94. The molecule has 0 heterocycles. The minimum Gasteiger partial charge on any atom is -0.258 e. The van der Waals surface area contributed by atoms with Crippen molar-refractivity contribution in [1.82, 2.24) is 0 Å². The fraction of sp³-hybridized carbons (Fsp3) is 0.143. The molecule has 0 bridgehead atoms. The van der Waals surface area contributed by atoms with Gasteiger partial charge in [-0.15, -0.1) is 11.7 Å². The van der Waals surface area contributed by atoms with E-state index >= 15 is 0 Å². The fourth-order valence-electron chi connectivity index (χ4n) is 0.958. The van der Waals surface area contributed by atoms with Gasteiger partial charge in [0.2, 0.25) is 11.2 Å². The third kappa shape index (κ3) is 2.16. The summed E-state index contributed by atoms with van der Waals surface area (Å²) in [6.07, 6.45) is 0. The van der Waals surface area contributed by atoms with E-state index in [2.05, 4.69) is 0 Å². The van der Waals surface area contributed by atoms with E-state index in [4.69, 9.17) is 0 Å². The molecule has 0 aliphatic rings. The van der Waals surface area contributed by atoms with Crippen LogP contribution in [-0.2, 0) is 0 Å². The maximum Gasteiger partial charge on any atom is 0.288 e. The molecule has 0 N–H and O–H groups in total. The van der Waals surface area contributed by atoms with Crippen LogP contribution in [0.15, 0.2) is 23.1 Å². The Morgan fingerprint density at radius 3 is 2.36 bits per heavy atom. The summed E-state index contributed by atoms with van der Waals surface area (Å²) >= 11 is -5.54. The zero-order chi connectivity index (χ0) is 10.9. The van der Waals surface area contributed by atoms with E-state index < -0.39 is 26.7 Å². The molecular weight excluding hydrogens is 219 g/mol. The first-order valence-corrected chi connectivity index (χ1v) is 4.83. The van der Waals surface area contributed by atoms with E-state index in [-0.39, 0.29) is 0 Å². The Morgan fingerprint density at radius 1 is 1.36 bits per heavy atom. The number of benzene rings is 1. The van der Waals surface area contributed by atoms with E-state index in [1.807, 2.05) is 0 Å². The number of hydrogen-bond acceptors (Lipinski definition) is 2. The van der Waals surface area contributed by atoms with E-state index in [9.17, 15) is 21.8 Å². The lowest BCUT2D eigenvalue weighted by molar-refractivity contribution is -0.387. The minimum absolute atomic E-state index is 0.357. The van der Waals surface area contributed by atoms with Crippen molar-refractivity contribution in [3.05, 3.63) is 33.9 Å². The van der Waals surface area contributed by atoms with Gasteiger partial charge in [-0.1, -0.05) is 6.07 Å². The van der Waals surface area contributed by atoms with Crippen molar-refractivity contribution in [1.29, 1.82) is 0 Å². The van der Waals surface area contributed by atoms with Crippen LogP contribution in [0.2, 0.25) is 0 Å². The summed E-state index contributed by atoms with van der Waals surface area (Å²) in [5.74, 6) is 0. The molecule has 0 saturated carbocycles. The summed E-state index contributed by atoms with van der Waals surface area (Å²) in [6, 6.07) is 2.96. The van der Waals surface area contributed by atoms with Crippen molar-refractivity contribution >= 4 is 16.9 Å². The monoisotopic (exact) mass is 225 g/mol. The van der Waals surface area contributed by atoms with Gasteiger partial charge in [0.25, 0.3) is 5.69 Å². The van der Waals surface area contributed by atoms with Gasteiger partial charge in [0.05, 0.1) is 4.92 Å². The molecule has 0 amide bonds. The highest BCUT2D eigenvalue weighted by Gasteiger charge is 2.33. The smallest absolute Gasteiger partial charge is 0.258 e. The molecule has 0 aliphatic carbocycles. The van der Waals surface area contributed by atoms with E-state index in [1.54, 1.807) is 0 Å². The normalized spacial score (nSPS) is 12.6. The highest BCUT2D eigenvalue weighted by Crippen LogP contribution is 2.63. The van der Waals surface area contributed by atoms with Crippen LogP contribution in [0, 0.1) is 17.0 Å². The molecular formula is C7H6F3NO2S. The molecule has 0 spiro atoms. The number of rotatable bonds is 2. The van der Waals surface area contributed by atoms with Crippen LogP contribution >= 0.6 is 11.2 Å². The van der Waals surface area contributed by atoms with Gasteiger partial charge < -0.3 is 0 Å². The van der Waals surface area contributed by atoms with Gasteiger partial charge in [0.15, 0.2) is 4.90 Å². The first kappa shape index (κ1) is 10.8. The van der Waals surface area contributed by atoms with Crippen LogP contribution in [0.25, 0.3) is 0 Å². The Hall–Kier alpha value is -1.24. The van der Waals surface area contributed by atoms with Crippen molar-refractivity contribution in [2.45, 2.75) is 11.8 Å². The second kappa shape index (κ2) is 3.49. The Balaban J connectivity index is 3.38. The Kier molecular flexibility index (Phi) is 2.70. The third-order valence-electron chi connectivity index (χ3n) is 1.56. The first-order chi connectivity index (χ1) is 6.32. The molecule has 14 heavy (non-hydrogen) atoms. The van der Waals surface area contributed by atoms with E-state index in [1.165, 1.54) is 13.0 Å². The topological polar surface area (TPSA) is 43.1 Å². The van der Waals surface area contributed by atoms with Gasteiger partial charge in [-0.25, -0.2) is 0 Å². The highest BCUT2D eigenvalue weighted by molar-refractivity contribution is 8.21. The zero-order valence-corrected chi connectivity index (χ0v) is 7.85. The van der Waals surface area contributed by atoms with Gasteiger partial charge in [0, 0.05) is 6.07 Å². The summed E-state index contributed by atoms with van der Waals surface area (Å²) in [6.45, 7) is 1.46. The molecule has 0 aliphatic heterocycles. The van der Waals surface area contributed by atoms with Gasteiger partial charge in [-0.05, 0) is 18.6 Å². The Morgan fingerprint density at radius 2 is 1.93 bits per heavy atom. The van der Waals surface area contributed by atoms with Crippen LogP contribution < -0.4 is 0 Å². The number of nitrogens with zero attached hydrogens (tertiary/aromatic N) is 1. The van der Waals surface area contributed by atoms with E-state index in [0.717, 1.165) is 12.1 Å². The number of hydrogen-bond donors (Lipinski definition) is 0. The SMILES string of the molecule is Cc1ccc([N+](=O)[O-])c(S(F)(F)F)c1. The van der Waals surface area contributed by atoms with Crippen LogP contribution in [0.4, 0.5) is 17.3 Å². The molecule has 78 valence electrons. The molecule has 0 aromatic heterocycles. The second-order valence-electron chi connectivity index (χ2n) is 2.63. The quantitative estimate of drug-likeness (QED) is 0.568. The van der Waals surface area contributed by atoms with Crippen molar-refractivity contribution in [3.8, 4) is 0 Å². The molecule has 0 unspecified atom stereocenters. The molecule has 0 fully saturated rings. The van der Waals surface area contributed by atoms with Gasteiger partial charge in [0.1, 0.15) is 0 Å². The summed E-state index contributed by atoms with van der Waals surface area (Å²) in [4.78, 5) is 8.16. The number of aryl methyl sites for hydroxylation is 1. The van der Waals surface area contributed by atoms with Crippen LogP contribution in [-0.4, -0.2) is 4.92 Å². The fourth-order valence-corrected chi connectivity index (χ4v) is 1.66. The van der Waals surface area contributed by atoms with Crippen LogP contribution in [0.5, 0.6) is 0 Å². The maximum absolute atomic E-state index is 12.4. The largest absolute Gasteiger partial charge is 0.288 e. The lowest BCUT2D eigenvalue weighted by Gasteiger charge is -2.10. The summed E-state index contributed by atoms with van der Waals surface area (Å²) < 4.78 is 37.1. The van der Waals surface area contributed by atoms with Crippen LogP contribution in [0.3, 0.4) is 0 Å². The Bertz CT molecular complexity index is 378. The zero-order valence-electron chi connectivity index (χ0n) is 7.04. The summed E-state index contributed by atoms with van der Waals surface area (Å²) in [5, 5.41) is 10.3. The maximum atomic E-state index is 12.4. The van der Waals surface area contributed by atoms with Gasteiger partial charge in [-0.3, -0.25) is 10.1 Å². The molecule has 1 aromatic rings. The van der Waals surface area contributed by atoms with Gasteiger partial charge in [-0.2, -0.15) is 0 Å². The molecule has 0 radical (unpaired) electrons. The Labute approximate surface area is 79.9 Å². The molecule has 0 saturated heterocycles. The van der Waals surface area contributed by atoms with Crippen LogP contribution in [0.1, 0.15) is 5.56 Å². The predicted octanol–water partition coefficient (Wildman–Crippen LogP) is 3.72. The lowest BCUT2D eigenvalue weighted by atomic mass is 10.2. The molecule has 1 aromatic carbocycles. The standard InChI is InChI=1S/C7H6F3NO2S/c1-5-2-3-6(11(12)13)7(4-5)14(8,9)10/h2-4H,1H3. The van der Waals surface area contributed by atoms with Crippen molar-refractivity contribution in [2.24, 2.45) is 0 Å². The van der Waals surface area contributed by atoms with Crippen molar-refractivity contribution in [3.63, 3.8) is 0 Å². The molecule has 7 heteroatoms. The van der Waals surface area contributed by atoms with E-state index in [0.29, 0.717) is 5.56 Å². The third-order valence-corrected chi connectivity index (χ3v) is 2.39. The second-order valence-corrected chi connectivity index (χ2v) is 3.89. The minimum atomic E-state index is -5.54. The molecule has 3 nitrogen and oxygen atoms in total. The average molecular weight is 225 g/mol. The molecule has 1 rings (SSSR count). The predicted molar refractivity (Wildman–Crippen MR) is 47.0 cm³/mol. The average Bonchev–Trinajstić information content (AvgIpc) is 2.01. The summed E-state index contributed by atoms with van der Waals surface area (Å²) in [7, 11) is 0. The summed E-state index contributed by atoms with van der Waals surface area (Å²) in [5.41, 5.74) is -0.520. The van der Waals surface area contributed by atoms with Gasteiger partial charge >= 0.3 is 0 Å². The number of halogens is 3.